The van der Waals surface area contributed by atoms with E-state index in [1.807, 2.05) is 0 Å². The second-order valence-corrected chi connectivity index (χ2v) is 4.37. The van der Waals surface area contributed by atoms with Gasteiger partial charge in [0.05, 0.1) is 4.92 Å². The summed E-state index contributed by atoms with van der Waals surface area (Å²) in [6.45, 7) is 1.70. The van der Waals surface area contributed by atoms with Crippen LogP contribution in [0.3, 0.4) is 0 Å². The molecule has 1 heterocycles. The maximum atomic E-state index is 10.9. The van der Waals surface area contributed by atoms with Crippen molar-refractivity contribution in [1.82, 2.24) is 9.97 Å². The average molecular weight is 300 g/mol. The van der Waals surface area contributed by atoms with Crippen LogP contribution in [0.1, 0.15) is 5.56 Å². The molecule has 2 rings (SSSR count). The minimum absolute atomic E-state index is 0.00258. The Balaban J connectivity index is 2.43. The highest BCUT2D eigenvalue weighted by Gasteiger charge is 2.18. The Hall–Kier alpha value is -1.92. The molecule has 1 aromatic heterocycles. The van der Waals surface area contributed by atoms with Gasteiger partial charge < -0.3 is 4.74 Å². The molecule has 0 amide bonds. The molecule has 0 saturated heterocycles. The van der Waals surface area contributed by atoms with Crippen molar-refractivity contribution in [2.75, 3.05) is 0 Å². The zero-order valence-electron chi connectivity index (χ0n) is 9.63. The molecule has 0 aliphatic carbocycles. The van der Waals surface area contributed by atoms with Crippen molar-refractivity contribution in [2.45, 2.75) is 6.92 Å². The summed E-state index contributed by atoms with van der Waals surface area (Å²) in [4.78, 5) is 18.0. The molecule has 0 atom stereocenters. The van der Waals surface area contributed by atoms with E-state index in [1.54, 1.807) is 6.92 Å². The average Bonchev–Trinajstić information content (AvgIpc) is 2.35. The lowest BCUT2D eigenvalue weighted by molar-refractivity contribution is -0.385. The molecule has 0 spiro atoms. The van der Waals surface area contributed by atoms with Gasteiger partial charge in [-0.3, -0.25) is 10.1 Å². The maximum absolute atomic E-state index is 10.9. The molecule has 19 heavy (non-hydrogen) atoms. The predicted octanol–water partition coefficient (Wildman–Crippen LogP) is 3.79. The van der Waals surface area contributed by atoms with E-state index < -0.39 is 4.92 Å². The Morgan fingerprint density at radius 3 is 2.79 bits per heavy atom. The van der Waals surface area contributed by atoms with E-state index in [2.05, 4.69) is 9.97 Å². The summed E-state index contributed by atoms with van der Waals surface area (Å²) in [5.74, 6) is 0.192. The largest absolute Gasteiger partial charge is 0.431 e. The van der Waals surface area contributed by atoms with Crippen molar-refractivity contribution in [3.63, 3.8) is 0 Å². The molecular weight excluding hydrogens is 293 g/mol. The van der Waals surface area contributed by atoms with Crippen LogP contribution in [0.4, 0.5) is 5.69 Å². The number of hydrogen-bond acceptors (Lipinski definition) is 5. The van der Waals surface area contributed by atoms with Crippen molar-refractivity contribution in [2.24, 2.45) is 0 Å². The number of ether oxygens (including phenoxy) is 1. The van der Waals surface area contributed by atoms with Crippen LogP contribution in [-0.4, -0.2) is 14.9 Å². The van der Waals surface area contributed by atoms with Gasteiger partial charge in [0.2, 0.25) is 16.9 Å². The van der Waals surface area contributed by atoms with Gasteiger partial charge in [0.15, 0.2) is 0 Å². The molecule has 98 valence electrons. The number of hydrogen-bond donors (Lipinski definition) is 0. The summed E-state index contributed by atoms with van der Waals surface area (Å²) >= 11 is 11.4. The van der Waals surface area contributed by atoms with Gasteiger partial charge >= 0.3 is 5.69 Å². The topological polar surface area (TPSA) is 78.2 Å². The van der Waals surface area contributed by atoms with E-state index in [9.17, 15) is 10.1 Å². The molecule has 0 unspecified atom stereocenters. The van der Waals surface area contributed by atoms with E-state index in [0.717, 1.165) is 0 Å². The van der Waals surface area contributed by atoms with Crippen molar-refractivity contribution in [1.29, 1.82) is 0 Å². The van der Waals surface area contributed by atoms with Gasteiger partial charge in [-0.25, -0.2) is 4.98 Å². The summed E-state index contributed by atoms with van der Waals surface area (Å²) in [5.41, 5.74) is 0.357. The van der Waals surface area contributed by atoms with Crippen molar-refractivity contribution in [3.05, 3.63) is 50.4 Å². The Labute approximate surface area is 118 Å². The second-order valence-electron chi connectivity index (χ2n) is 3.60. The zero-order chi connectivity index (χ0) is 14.0. The molecular formula is C11H7Cl2N3O3. The summed E-state index contributed by atoms with van der Waals surface area (Å²) < 4.78 is 5.40. The number of benzene rings is 1. The lowest BCUT2D eigenvalue weighted by atomic mass is 10.3. The first-order chi connectivity index (χ1) is 8.97. The standard InChI is InChI=1S/C11H7Cl2N3O3/c1-6-5-14-11(13)15-10(6)19-9-3-2-7(12)4-8(9)16(17)18/h2-5H,1H3. The molecule has 6 nitrogen and oxygen atoms in total. The molecule has 0 saturated carbocycles. The van der Waals surface area contributed by atoms with E-state index in [4.69, 9.17) is 27.9 Å². The highest BCUT2D eigenvalue weighted by molar-refractivity contribution is 6.30. The summed E-state index contributed by atoms with van der Waals surface area (Å²) in [6, 6.07) is 4.09. The number of halogens is 2. The van der Waals surface area contributed by atoms with Gasteiger partial charge in [-0.15, -0.1) is 0 Å². The molecule has 1 aromatic carbocycles. The van der Waals surface area contributed by atoms with Crippen LogP contribution in [-0.2, 0) is 0 Å². The molecule has 0 N–H and O–H groups in total. The fourth-order valence-corrected chi connectivity index (χ4v) is 1.63. The number of aryl methyl sites for hydroxylation is 1. The third-order valence-corrected chi connectivity index (χ3v) is 2.64. The first kappa shape index (κ1) is 13.5. The summed E-state index contributed by atoms with van der Waals surface area (Å²) in [7, 11) is 0. The van der Waals surface area contributed by atoms with Crippen molar-refractivity contribution < 1.29 is 9.66 Å². The number of aromatic nitrogens is 2. The molecule has 8 heteroatoms. The van der Waals surface area contributed by atoms with E-state index in [1.165, 1.54) is 24.4 Å². The molecule has 0 radical (unpaired) electrons. The quantitative estimate of drug-likeness (QED) is 0.489. The minimum Gasteiger partial charge on any atom is -0.431 e. The van der Waals surface area contributed by atoms with Crippen LogP contribution in [0, 0.1) is 17.0 Å². The SMILES string of the molecule is Cc1cnc(Cl)nc1Oc1ccc(Cl)cc1[N+](=O)[O-]. The Morgan fingerprint density at radius 2 is 2.11 bits per heavy atom. The number of nitrogens with zero attached hydrogens (tertiary/aromatic N) is 3. The molecule has 0 bridgehead atoms. The first-order valence-electron chi connectivity index (χ1n) is 5.08. The lowest BCUT2D eigenvalue weighted by Crippen LogP contribution is -1.97. The van der Waals surface area contributed by atoms with Gasteiger partial charge in [-0.2, -0.15) is 4.98 Å². The zero-order valence-corrected chi connectivity index (χ0v) is 11.1. The van der Waals surface area contributed by atoms with E-state index in [-0.39, 0.29) is 27.6 Å². The van der Waals surface area contributed by atoms with Crippen LogP contribution >= 0.6 is 23.2 Å². The van der Waals surface area contributed by atoms with Crippen LogP contribution in [0.5, 0.6) is 11.6 Å². The monoisotopic (exact) mass is 299 g/mol. The first-order valence-corrected chi connectivity index (χ1v) is 5.84. The Bertz CT molecular complexity index is 649. The molecule has 0 aliphatic heterocycles. The van der Waals surface area contributed by atoms with Gasteiger partial charge in [-0.05, 0) is 30.7 Å². The minimum atomic E-state index is -0.584. The lowest BCUT2D eigenvalue weighted by Gasteiger charge is -2.07. The van der Waals surface area contributed by atoms with Gasteiger partial charge in [0, 0.05) is 22.8 Å². The highest BCUT2D eigenvalue weighted by atomic mass is 35.5. The van der Waals surface area contributed by atoms with Crippen LogP contribution in [0.15, 0.2) is 24.4 Å². The Kier molecular flexibility index (Phi) is 3.82. The van der Waals surface area contributed by atoms with Gasteiger partial charge in [0.1, 0.15) is 0 Å². The molecule has 0 fully saturated rings. The number of rotatable bonds is 3. The summed E-state index contributed by atoms with van der Waals surface area (Å²) in [5, 5.41) is 11.2. The fourth-order valence-electron chi connectivity index (χ4n) is 1.33. The van der Waals surface area contributed by atoms with Crippen molar-refractivity contribution >= 4 is 28.9 Å². The van der Waals surface area contributed by atoms with Crippen LogP contribution < -0.4 is 4.74 Å². The summed E-state index contributed by atoms with van der Waals surface area (Å²) in [6.07, 6.45) is 1.46. The van der Waals surface area contributed by atoms with Crippen LogP contribution in [0.2, 0.25) is 10.3 Å². The molecule has 2 aromatic rings. The number of nitro groups is 1. The van der Waals surface area contributed by atoms with E-state index in [0.29, 0.717) is 5.56 Å². The highest BCUT2D eigenvalue weighted by Crippen LogP contribution is 2.33. The van der Waals surface area contributed by atoms with Crippen molar-refractivity contribution in [3.8, 4) is 11.6 Å². The number of nitro benzene ring substituents is 1. The Morgan fingerprint density at radius 1 is 1.37 bits per heavy atom. The second kappa shape index (κ2) is 5.38. The maximum Gasteiger partial charge on any atom is 0.313 e. The normalized spacial score (nSPS) is 10.3. The smallest absolute Gasteiger partial charge is 0.313 e. The third-order valence-electron chi connectivity index (χ3n) is 2.22. The van der Waals surface area contributed by atoms with Crippen LogP contribution in [0.25, 0.3) is 0 Å². The van der Waals surface area contributed by atoms with E-state index >= 15 is 0 Å². The predicted molar refractivity (Wildman–Crippen MR) is 70.0 cm³/mol. The third kappa shape index (κ3) is 3.10. The van der Waals surface area contributed by atoms with Gasteiger partial charge in [-0.1, -0.05) is 11.6 Å². The van der Waals surface area contributed by atoms with Gasteiger partial charge in [0.25, 0.3) is 0 Å². The fraction of sp³-hybridized carbons (Fsp3) is 0.0909. The molecule has 0 aliphatic rings.